The van der Waals surface area contributed by atoms with E-state index in [0.29, 0.717) is 0 Å². The fourth-order valence-corrected chi connectivity index (χ4v) is 4.90. The first-order valence-electron chi connectivity index (χ1n) is 10.0. The molecule has 2 nitrogen and oxygen atoms in total. The Bertz CT molecular complexity index is 1310. The van der Waals surface area contributed by atoms with Gasteiger partial charge in [-0.15, -0.1) is 0 Å². The lowest BCUT2D eigenvalue weighted by Crippen LogP contribution is -2.29. The van der Waals surface area contributed by atoms with Crippen molar-refractivity contribution in [1.29, 1.82) is 0 Å². The Morgan fingerprint density at radius 2 is 1.31 bits per heavy atom. The summed E-state index contributed by atoms with van der Waals surface area (Å²) >= 11 is 0. The van der Waals surface area contributed by atoms with Gasteiger partial charge >= 0.3 is 0 Å². The Morgan fingerprint density at radius 1 is 0.690 bits per heavy atom. The van der Waals surface area contributed by atoms with Crippen LogP contribution in [-0.4, -0.2) is 9.55 Å². The maximum Gasteiger partial charge on any atom is 0.134 e. The molecule has 29 heavy (non-hydrogen) atoms. The number of aromatic nitrogens is 2. The Kier molecular flexibility index (Phi) is 3.33. The molecule has 2 heterocycles. The maximum atomic E-state index is 5.21. The summed E-state index contributed by atoms with van der Waals surface area (Å²) in [6.45, 7) is 2.17. The molecule has 0 atom stereocenters. The number of hydrogen-bond donors (Lipinski definition) is 0. The van der Waals surface area contributed by atoms with Gasteiger partial charge in [0.15, 0.2) is 0 Å². The summed E-state index contributed by atoms with van der Waals surface area (Å²) in [7, 11) is 0. The zero-order valence-corrected chi connectivity index (χ0v) is 16.2. The van der Waals surface area contributed by atoms with Gasteiger partial charge in [0.25, 0.3) is 0 Å². The third kappa shape index (κ3) is 2.09. The average Bonchev–Trinajstić information content (AvgIpc) is 3.28. The number of para-hydroxylation sites is 2. The molecule has 0 saturated heterocycles. The molecular formula is C27H20N2. The van der Waals surface area contributed by atoms with E-state index < -0.39 is 5.41 Å². The van der Waals surface area contributed by atoms with E-state index in [0.717, 1.165) is 16.9 Å². The van der Waals surface area contributed by atoms with E-state index in [1.165, 1.54) is 27.9 Å². The highest BCUT2D eigenvalue weighted by atomic mass is 15.1. The van der Waals surface area contributed by atoms with Crippen LogP contribution in [0.3, 0.4) is 0 Å². The summed E-state index contributed by atoms with van der Waals surface area (Å²) < 4.78 is 2.35. The fourth-order valence-electron chi connectivity index (χ4n) is 4.90. The third-order valence-corrected chi connectivity index (χ3v) is 6.11. The quantitative estimate of drug-likeness (QED) is 0.363. The molecule has 5 aromatic rings. The predicted molar refractivity (Wildman–Crippen MR) is 118 cm³/mol. The van der Waals surface area contributed by atoms with Crippen molar-refractivity contribution in [3.8, 4) is 5.69 Å². The van der Waals surface area contributed by atoms with Crippen LogP contribution in [0.25, 0.3) is 16.7 Å². The molecule has 2 heteroatoms. The van der Waals surface area contributed by atoms with Gasteiger partial charge in [-0.2, -0.15) is 0 Å². The van der Waals surface area contributed by atoms with Gasteiger partial charge in [0, 0.05) is 0 Å². The number of imidazole rings is 1. The number of nitrogens with zero attached hydrogens (tertiary/aromatic N) is 2. The second-order valence-electron chi connectivity index (χ2n) is 7.76. The Labute approximate surface area is 170 Å². The molecule has 0 saturated carbocycles. The Morgan fingerprint density at radius 3 is 2.00 bits per heavy atom. The van der Waals surface area contributed by atoms with Crippen LogP contribution in [0.5, 0.6) is 0 Å². The summed E-state index contributed by atoms with van der Waals surface area (Å²) in [5, 5.41) is 0. The van der Waals surface area contributed by atoms with E-state index in [9.17, 15) is 0 Å². The van der Waals surface area contributed by atoms with E-state index in [1.807, 2.05) is 0 Å². The summed E-state index contributed by atoms with van der Waals surface area (Å²) in [6.07, 6.45) is 0. The summed E-state index contributed by atoms with van der Waals surface area (Å²) in [6, 6.07) is 36.8. The molecule has 6 rings (SSSR count). The van der Waals surface area contributed by atoms with Gasteiger partial charge < -0.3 is 0 Å². The lowest BCUT2D eigenvalue weighted by atomic mass is 9.69. The van der Waals surface area contributed by atoms with Crippen LogP contribution in [-0.2, 0) is 5.41 Å². The maximum absolute atomic E-state index is 5.21. The molecule has 138 valence electrons. The topological polar surface area (TPSA) is 17.8 Å². The zero-order valence-electron chi connectivity index (χ0n) is 16.2. The monoisotopic (exact) mass is 372 g/mol. The van der Waals surface area contributed by atoms with Crippen molar-refractivity contribution < 1.29 is 0 Å². The van der Waals surface area contributed by atoms with Crippen molar-refractivity contribution in [2.75, 3.05) is 0 Å². The summed E-state index contributed by atoms with van der Waals surface area (Å²) in [5.41, 5.74) is 8.00. The number of aryl methyl sites for hydroxylation is 1. The molecular weight excluding hydrogens is 352 g/mol. The predicted octanol–water partition coefficient (Wildman–Crippen LogP) is 6.03. The van der Waals surface area contributed by atoms with Crippen molar-refractivity contribution in [1.82, 2.24) is 9.55 Å². The van der Waals surface area contributed by atoms with Crippen LogP contribution in [0.4, 0.5) is 0 Å². The van der Waals surface area contributed by atoms with Gasteiger partial charge in [-0.1, -0.05) is 90.5 Å². The lowest BCUT2D eigenvalue weighted by molar-refractivity contribution is 0.717. The molecule has 1 aliphatic rings. The molecule has 4 aromatic carbocycles. The number of benzene rings is 4. The molecule has 0 unspecified atom stereocenters. The Balaban J connectivity index is 1.86. The second kappa shape index (κ2) is 5.92. The number of fused-ring (bicyclic) bond motifs is 5. The smallest absolute Gasteiger partial charge is 0.134 e. The van der Waals surface area contributed by atoms with Crippen molar-refractivity contribution in [3.05, 3.63) is 131 Å². The summed E-state index contributed by atoms with van der Waals surface area (Å²) in [4.78, 5) is 5.21. The largest absolute Gasteiger partial charge is 0.295 e. The van der Waals surface area contributed by atoms with E-state index in [2.05, 4.69) is 115 Å². The van der Waals surface area contributed by atoms with Crippen LogP contribution >= 0.6 is 0 Å². The SMILES string of the molecule is Cc1ccc2c(c1)C(c1ccccc1)(c1ccccc1)c1nc3ccccc3n1-2. The van der Waals surface area contributed by atoms with Crippen LogP contribution in [0.15, 0.2) is 103 Å². The van der Waals surface area contributed by atoms with Gasteiger partial charge in [0.2, 0.25) is 0 Å². The lowest BCUT2D eigenvalue weighted by Gasteiger charge is -2.31. The second-order valence-corrected chi connectivity index (χ2v) is 7.76. The minimum atomic E-state index is -0.442. The first-order chi connectivity index (χ1) is 14.3. The fraction of sp³-hybridized carbons (Fsp3) is 0.0741. The molecule has 0 radical (unpaired) electrons. The van der Waals surface area contributed by atoms with E-state index in [4.69, 9.17) is 4.98 Å². The van der Waals surface area contributed by atoms with Gasteiger partial charge in [0.05, 0.1) is 16.7 Å². The van der Waals surface area contributed by atoms with Gasteiger partial charge in [0.1, 0.15) is 11.2 Å². The van der Waals surface area contributed by atoms with Crippen molar-refractivity contribution in [2.24, 2.45) is 0 Å². The molecule has 0 spiro atoms. The molecule has 0 aliphatic carbocycles. The van der Waals surface area contributed by atoms with E-state index in [-0.39, 0.29) is 0 Å². The minimum Gasteiger partial charge on any atom is -0.295 e. The highest BCUT2D eigenvalue weighted by molar-refractivity contribution is 5.83. The van der Waals surface area contributed by atoms with Crippen LogP contribution in [0, 0.1) is 6.92 Å². The first-order valence-corrected chi connectivity index (χ1v) is 10.0. The molecule has 1 aromatic heterocycles. The van der Waals surface area contributed by atoms with Gasteiger partial charge in [-0.05, 0) is 41.8 Å². The van der Waals surface area contributed by atoms with Crippen molar-refractivity contribution in [2.45, 2.75) is 12.3 Å². The van der Waals surface area contributed by atoms with Crippen molar-refractivity contribution >= 4 is 11.0 Å². The molecule has 0 amide bonds. The Hall–Kier alpha value is -3.65. The normalized spacial score (nSPS) is 14.0. The average molecular weight is 372 g/mol. The highest BCUT2D eigenvalue weighted by Gasteiger charge is 2.49. The van der Waals surface area contributed by atoms with E-state index in [1.54, 1.807) is 0 Å². The van der Waals surface area contributed by atoms with Crippen LogP contribution in [0.1, 0.15) is 28.1 Å². The van der Waals surface area contributed by atoms with Crippen LogP contribution < -0.4 is 0 Å². The zero-order chi connectivity index (χ0) is 19.4. The first kappa shape index (κ1) is 16.3. The molecule has 0 bridgehead atoms. The minimum absolute atomic E-state index is 0.442. The standard InChI is InChI=1S/C27H20N2/c1-19-16-17-24-22(18-19)27(20-10-4-2-5-11-20,21-12-6-3-7-13-21)26-28-23-14-8-9-15-25(23)29(24)26/h2-18H,1H3. The molecule has 0 fully saturated rings. The van der Waals surface area contributed by atoms with Gasteiger partial charge in [-0.25, -0.2) is 4.98 Å². The number of rotatable bonds is 2. The third-order valence-electron chi connectivity index (χ3n) is 6.11. The molecule has 1 aliphatic heterocycles. The summed E-state index contributed by atoms with van der Waals surface area (Å²) in [5.74, 6) is 1.07. The number of hydrogen-bond acceptors (Lipinski definition) is 1. The van der Waals surface area contributed by atoms with E-state index >= 15 is 0 Å². The van der Waals surface area contributed by atoms with Gasteiger partial charge in [-0.3, -0.25) is 4.57 Å². The van der Waals surface area contributed by atoms with Crippen LogP contribution in [0.2, 0.25) is 0 Å². The highest BCUT2D eigenvalue weighted by Crippen LogP contribution is 2.52. The van der Waals surface area contributed by atoms with Crippen molar-refractivity contribution in [3.63, 3.8) is 0 Å². The molecule has 0 N–H and O–H groups in total.